The lowest BCUT2D eigenvalue weighted by atomic mass is 10.1. The molecule has 100 valence electrons. The Morgan fingerprint density at radius 1 is 1.20 bits per heavy atom. The van der Waals surface area contributed by atoms with Crippen LogP contribution in [-0.2, 0) is 4.79 Å². The summed E-state index contributed by atoms with van der Waals surface area (Å²) in [7, 11) is 0. The molecule has 0 fully saturated rings. The van der Waals surface area contributed by atoms with E-state index in [1.54, 1.807) is 30.3 Å². The van der Waals surface area contributed by atoms with Crippen LogP contribution in [0.1, 0.15) is 6.92 Å². The summed E-state index contributed by atoms with van der Waals surface area (Å²) in [6.07, 6.45) is 0. The Kier molecular flexibility index (Phi) is 2.95. The predicted octanol–water partition coefficient (Wildman–Crippen LogP) is 3.56. The first-order chi connectivity index (χ1) is 9.63. The number of carbonyl (C=O) groups is 1. The molecule has 0 unspecified atom stereocenters. The first-order valence-corrected chi connectivity index (χ1v) is 5.97. The summed E-state index contributed by atoms with van der Waals surface area (Å²) in [5.74, 6) is -0.312. The van der Waals surface area contributed by atoms with Crippen molar-refractivity contribution in [2.75, 3.05) is 0 Å². The van der Waals surface area contributed by atoms with Crippen LogP contribution in [0.25, 0.3) is 22.2 Å². The quantitative estimate of drug-likeness (QED) is 0.528. The van der Waals surface area contributed by atoms with Gasteiger partial charge in [-0.25, -0.2) is 4.39 Å². The molecule has 0 spiro atoms. The maximum atomic E-state index is 12.9. The Morgan fingerprint density at radius 3 is 2.65 bits per heavy atom. The summed E-state index contributed by atoms with van der Waals surface area (Å²) in [6, 6.07) is 11.0. The van der Waals surface area contributed by atoms with Crippen LogP contribution in [-0.4, -0.2) is 11.1 Å². The summed E-state index contributed by atoms with van der Waals surface area (Å²) in [6.45, 7) is 1.33. The van der Waals surface area contributed by atoms with Crippen molar-refractivity contribution >= 4 is 16.9 Å². The number of fused-ring (bicyclic) bond motifs is 1. The zero-order valence-corrected chi connectivity index (χ0v) is 10.6. The fourth-order valence-corrected chi connectivity index (χ4v) is 1.96. The lowest BCUT2D eigenvalue weighted by molar-refractivity contribution is -0.131. The second kappa shape index (κ2) is 4.77. The van der Waals surface area contributed by atoms with Crippen LogP contribution in [0.3, 0.4) is 0 Å². The Bertz CT molecular complexity index is 777. The number of aromatic nitrogens is 1. The van der Waals surface area contributed by atoms with Crippen LogP contribution in [0, 0.1) is 5.82 Å². The minimum atomic E-state index is -0.400. The van der Waals surface area contributed by atoms with Crippen molar-refractivity contribution < 1.29 is 18.4 Å². The van der Waals surface area contributed by atoms with E-state index in [4.69, 9.17) is 9.26 Å². The van der Waals surface area contributed by atoms with Crippen molar-refractivity contribution in [2.24, 2.45) is 0 Å². The predicted molar refractivity (Wildman–Crippen MR) is 70.7 cm³/mol. The lowest BCUT2D eigenvalue weighted by Gasteiger charge is -2.00. The zero-order chi connectivity index (χ0) is 14.1. The van der Waals surface area contributed by atoms with Crippen molar-refractivity contribution in [1.82, 2.24) is 5.16 Å². The third kappa shape index (κ3) is 2.25. The van der Waals surface area contributed by atoms with E-state index in [1.165, 1.54) is 19.1 Å². The smallest absolute Gasteiger partial charge is 0.308 e. The minimum absolute atomic E-state index is 0.307. The summed E-state index contributed by atoms with van der Waals surface area (Å²) < 4.78 is 23.1. The van der Waals surface area contributed by atoms with E-state index < -0.39 is 5.97 Å². The molecule has 1 aromatic heterocycles. The van der Waals surface area contributed by atoms with Crippen LogP contribution in [0.15, 0.2) is 47.0 Å². The average Bonchev–Trinajstić information content (AvgIpc) is 2.82. The van der Waals surface area contributed by atoms with Crippen LogP contribution in [0.5, 0.6) is 5.75 Å². The molecule has 3 aromatic rings. The number of rotatable bonds is 2. The fourth-order valence-electron chi connectivity index (χ4n) is 1.96. The maximum absolute atomic E-state index is 12.9. The largest absolute Gasteiger partial charge is 0.427 e. The van der Waals surface area contributed by atoms with Crippen molar-refractivity contribution in [3.8, 4) is 17.0 Å². The molecule has 0 N–H and O–H groups in total. The number of carbonyl (C=O) groups excluding carboxylic acids is 1. The van der Waals surface area contributed by atoms with E-state index in [9.17, 15) is 9.18 Å². The number of hydrogen-bond acceptors (Lipinski definition) is 4. The van der Waals surface area contributed by atoms with Gasteiger partial charge in [0.25, 0.3) is 0 Å². The third-order valence-electron chi connectivity index (χ3n) is 2.82. The van der Waals surface area contributed by atoms with E-state index >= 15 is 0 Å². The summed E-state index contributed by atoms with van der Waals surface area (Å²) >= 11 is 0. The lowest BCUT2D eigenvalue weighted by Crippen LogP contribution is -2.00. The van der Waals surface area contributed by atoms with Gasteiger partial charge in [-0.05, 0) is 36.4 Å². The van der Waals surface area contributed by atoms with E-state index in [0.717, 1.165) is 10.9 Å². The van der Waals surface area contributed by atoms with Crippen LogP contribution < -0.4 is 4.74 Å². The van der Waals surface area contributed by atoms with E-state index in [-0.39, 0.29) is 5.82 Å². The van der Waals surface area contributed by atoms with Gasteiger partial charge < -0.3 is 9.26 Å². The molecular formula is C15H10FNO3. The highest BCUT2D eigenvalue weighted by molar-refractivity contribution is 5.92. The Balaban J connectivity index is 2.05. The molecule has 0 aliphatic rings. The van der Waals surface area contributed by atoms with Crippen molar-refractivity contribution in [3.63, 3.8) is 0 Å². The first kappa shape index (κ1) is 12.3. The van der Waals surface area contributed by atoms with Crippen LogP contribution >= 0.6 is 0 Å². The van der Waals surface area contributed by atoms with Gasteiger partial charge in [-0.3, -0.25) is 4.79 Å². The number of nitrogens with zero attached hydrogens (tertiary/aromatic N) is 1. The van der Waals surface area contributed by atoms with Gasteiger partial charge in [0.15, 0.2) is 5.58 Å². The molecule has 2 aromatic carbocycles. The summed E-state index contributed by atoms with van der Waals surface area (Å²) in [4.78, 5) is 10.9. The topological polar surface area (TPSA) is 52.3 Å². The molecule has 0 saturated carbocycles. The monoisotopic (exact) mass is 271 g/mol. The number of halogens is 1. The standard InChI is InChI=1S/C15H10FNO3/c1-9(18)19-12-6-7-13-14(8-12)20-17-15(13)10-2-4-11(16)5-3-10/h2-8H,1H3. The molecule has 0 aliphatic heterocycles. The normalized spacial score (nSPS) is 10.7. The van der Waals surface area contributed by atoms with Gasteiger partial charge in [-0.2, -0.15) is 0 Å². The second-order valence-corrected chi connectivity index (χ2v) is 4.29. The second-order valence-electron chi connectivity index (χ2n) is 4.29. The van der Waals surface area contributed by atoms with Gasteiger partial charge in [-0.15, -0.1) is 0 Å². The molecule has 0 bridgehead atoms. The van der Waals surface area contributed by atoms with Gasteiger partial charge in [0, 0.05) is 23.9 Å². The van der Waals surface area contributed by atoms with Gasteiger partial charge in [-0.1, -0.05) is 5.16 Å². The molecule has 0 saturated heterocycles. The molecule has 1 heterocycles. The van der Waals surface area contributed by atoms with Gasteiger partial charge >= 0.3 is 5.97 Å². The van der Waals surface area contributed by atoms with E-state index in [1.807, 2.05) is 0 Å². The van der Waals surface area contributed by atoms with Gasteiger partial charge in [0.2, 0.25) is 0 Å². The maximum Gasteiger partial charge on any atom is 0.308 e. The third-order valence-corrected chi connectivity index (χ3v) is 2.82. The van der Waals surface area contributed by atoms with E-state index in [2.05, 4.69) is 5.16 Å². The highest BCUT2D eigenvalue weighted by atomic mass is 19.1. The molecule has 0 amide bonds. The number of hydrogen-bond donors (Lipinski definition) is 0. The number of benzene rings is 2. The Labute approximate surface area is 113 Å². The van der Waals surface area contributed by atoms with Crippen LogP contribution in [0.4, 0.5) is 4.39 Å². The molecule has 0 radical (unpaired) electrons. The Hall–Kier alpha value is -2.69. The summed E-state index contributed by atoms with van der Waals surface area (Å²) in [5, 5.41) is 4.75. The number of esters is 1. The minimum Gasteiger partial charge on any atom is -0.427 e. The first-order valence-electron chi connectivity index (χ1n) is 5.97. The van der Waals surface area contributed by atoms with E-state index in [0.29, 0.717) is 17.0 Å². The Morgan fingerprint density at radius 2 is 1.95 bits per heavy atom. The molecule has 0 aliphatic carbocycles. The van der Waals surface area contributed by atoms with Gasteiger partial charge in [0.1, 0.15) is 17.3 Å². The molecule has 20 heavy (non-hydrogen) atoms. The molecule has 0 atom stereocenters. The SMILES string of the molecule is CC(=O)Oc1ccc2c(-c3ccc(F)cc3)noc2c1. The van der Waals surface area contributed by atoms with Gasteiger partial charge in [0.05, 0.1) is 0 Å². The highest BCUT2D eigenvalue weighted by Crippen LogP contribution is 2.30. The molecule has 4 nitrogen and oxygen atoms in total. The van der Waals surface area contributed by atoms with Crippen molar-refractivity contribution in [3.05, 3.63) is 48.3 Å². The average molecular weight is 271 g/mol. The fraction of sp³-hybridized carbons (Fsp3) is 0.0667. The molecule has 3 rings (SSSR count). The van der Waals surface area contributed by atoms with Crippen molar-refractivity contribution in [2.45, 2.75) is 6.92 Å². The van der Waals surface area contributed by atoms with Crippen LogP contribution in [0.2, 0.25) is 0 Å². The summed E-state index contributed by atoms with van der Waals surface area (Å²) in [5.41, 5.74) is 1.88. The molecular weight excluding hydrogens is 261 g/mol. The van der Waals surface area contributed by atoms with Crippen molar-refractivity contribution in [1.29, 1.82) is 0 Å². The number of ether oxygens (including phenoxy) is 1. The molecule has 5 heteroatoms. The zero-order valence-electron chi connectivity index (χ0n) is 10.6. The highest BCUT2D eigenvalue weighted by Gasteiger charge is 2.12.